The summed E-state index contributed by atoms with van der Waals surface area (Å²) in [5.74, 6) is -1.68. The molecule has 0 radical (unpaired) electrons. The quantitative estimate of drug-likeness (QED) is 0.153. The number of carbonyl (C=O) groups is 3. The van der Waals surface area contributed by atoms with E-state index in [0.29, 0.717) is 25.8 Å². The maximum Gasteiger partial charge on any atom is 0.310 e. The van der Waals surface area contributed by atoms with Crippen LogP contribution >= 0.6 is 27.7 Å². The molecule has 4 rings (SSSR count). The fourth-order valence-corrected chi connectivity index (χ4v) is 10.9. The van der Waals surface area contributed by atoms with Gasteiger partial charge in [-0.05, 0) is 38.0 Å². The molecule has 2 amide bonds. The molecular formula is C29H43BrN2O5S. The van der Waals surface area contributed by atoms with Gasteiger partial charge in [-0.2, -0.15) is 0 Å². The van der Waals surface area contributed by atoms with Gasteiger partial charge in [-0.3, -0.25) is 14.4 Å². The van der Waals surface area contributed by atoms with Crippen LogP contribution in [0.2, 0.25) is 0 Å². The van der Waals surface area contributed by atoms with E-state index in [4.69, 9.17) is 4.74 Å². The lowest BCUT2D eigenvalue weighted by molar-refractivity contribution is -0.154. The molecule has 3 heterocycles. The van der Waals surface area contributed by atoms with Crippen LogP contribution in [-0.2, 0) is 19.1 Å². The Bertz CT molecular complexity index is 925. The summed E-state index contributed by atoms with van der Waals surface area (Å²) in [6.45, 7) is 12.2. The van der Waals surface area contributed by atoms with Gasteiger partial charge in [0.25, 0.3) is 0 Å². The van der Waals surface area contributed by atoms with Gasteiger partial charge in [0, 0.05) is 22.7 Å². The first-order valence-electron chi connectivity index (χ1n) is 14.2. The largest absolute Gasteiger partial charge is 0.465 e. The first-order valence-corrected chi connectivity index (χ1v) is 15.9. The van der Waals surface area contributed by atoms with Crippen molar-refractivity contribution in [3.05, 3.63) is 25.3 Å². The Morgan fingerprint density at radius 1 is 1.26 bits per heavy atom. The first-order chi connectivity index (χ1) is 18.2. The third-order valence-corrected chi connectivity index (χ3v) is 12.0. The molecular weight excluding hydrogens is 568 g/mol. The Kier molecular flexibility index (Phi) is 9.73. The molecule has 7 nitrogen and oxygen atoms in total. The topological polar surface area (TPSA) is 87.2 Å². The van der Waals surface area contributed by atoms with Crippen molar-refractivity contribution in [1.82, 2.24) is 9.80 Å². The predicted molar refractivity (Wildman–Crippen MR) is 154 cm³/mol. The third-order valence-electron chi connectivity index (χ3n) is 8.77. The summed E-state index contributed by atoms with van der Waals surface area (Å²) in [5, 5.41) is 10.4. The molecule has 38 heavy (non-hydrogen) atoms. The Morgan fingerprint density at radius 3 is 2.58 bits per heavy atom. The van der Waals surface area contributed by atoms with Crippen LogP contribution in [0.15, 0.2) is 25.3 Å². The zero-order valence-electron chi connectivity index (χ0n) is 22.7. The van der Waals surface area contributed by atoms with Crippen LogP contribution in [0, 0.1) is 17.8 Å². The lowest BCUT2D eigenvalue weighted by atomic mass is 9.71. The summed E-state index contributed by atoms with van der Waals surface area (Å²) in [6.07, 6.45) is 10.4. The number of halogens is 1. The van der Waals surface area contributed by atoms with E-state index in [9.17, 15) is 19.5 Å². The molecule has 212 valence electrons. The van der Waals surface area contributed by atoms with E-state index in [-0.39, 0.29) is 53.0 Å². The highest BCUT2D eigenvalue weighted by molar-refractivity contribution is 9.09. The fraction of sp³-hybridized carbons (Fsp3) is 0.759. The smallest absolute Gasteiger partial charge is 0.310 e. The van der Waals surface area contributed by atoms with Crippen LogP contribution in [0.25, 0.3) is 0 Å². The Labute approximate surface area is 239 Å². The maximum atomic E-state index is 14.7. The summed E-state index contributed by atoms with van der Waals surface area (Å²) < 4.78 is 4.87. The molecule has 2 bridgehead atoms. The predicted octanol–water partition coefficient (Wildman–Crippen LogP) is 4.32. The molecule has 4 aliphatic rings. The molecule has 0 aromatic heterocycles. The van der Waals surface area contributed by atoms with Gasteiger partial charge in [-0.15, -0.1) is 24.9 Å². The second-order valence-electron chi connectivity index (χ2n) is 11.7. The monoisotopic (exact) mass is 610 g/mol. The normalized spacial score (nSPS) is 33.3. The number of fused-ring (bicyclic) bond motifs is 1. The van der Waals surface area contributed by atoms with Crippen molar-refractivity contribution in [1.29, 1.82) is 0 Å². The van der Waals surface area contributed by atoms with Gasteiger partial charge in [0.15, 0.2) is 0 Å². The number of esters is 1. The minimum Gasteiger partial charge on any atom is -0.465 e. The molecule has 1 saturated carbocycles. The van der Waals surface area contributed by atoms with E-state index in [1.807, 2.05) is 4.90 Å². The molecule has 3 saturated heterocycles. The SMILES string of the molecule is C=CCCOC(=O)[C@H]1[C@@H]2SC3(CC2Br)C(C(=O)N(CC=C)C2CCCCC2)N([C@@H](CO)CC(C)C)C(=O)[C@H]13. The Hall–Kier alpha value is -1.32. The summed E-state index contributed by atoms with van der Waals surface area (Å²) >= 11 is 5.43. The minimum atomic E-state index is -0.742. The van der Waals surface area contributed by atoms with E-state index < -0.39 is 28.7 Å². The highest BCUT2D eigenvalue weighted by atomic mass is 79.9. The standard InChI is InChI=1S/C29H43BrN2O5S/c1-5-7-14-37-28(36)22-23-26(34)32(20(17-33)15-18(3)4)25(29(23)16-21(30)24(22)38-29)27(35)31(13-6-2)19-11-9-8-10-12-19/h5-6,18-25,33H,1-2,7-17H2,3-4H3/t20-,21?,22-,23+,24-,25?,29?/m1/s1. The number of amides is 2. The van der Waals surface area contributed by atoms with Crippen molar-refractivity contribution in [3.8, 4) is 0 Å². The zero-order valence-corrected chi connectivity index (χ0v) is 25.1. The van der Waals surface area contributed by atoms with Crippen LogP contribution in [-0.4, -0.2) is 85.4 Å². The highest BCUT2D eigenvalue weighted by Crippen LogP contribution is 2.68. The van der Waals surface area contributed by atoms with Crippen molar-refractivity contribution < 1.29 is 24.2 Å². The highest BCUT2D eigenvalue weighted by Gasteiger charge is 2.76. The number of aliphatic hydroxyl groups is 1. The number of rotatable bonds is 12. The third kappa shape index (κ3) is 5.24. The second kappa shape index (κ2) is 12.5. The van der Waals surface area contributed by atoms with Gasteiger partial charge in [-0.25, -0.2) is 0 Å². The summed E-state index contributed by atoms with van der Waals surface area (Å²) in [5.41, 5.74) is 0. The molecule has 4 fully saturated rings. The number of likely N-dealkylation sites (tertiary alicyclic amines) is 1. The molecule has 1 spiro atoms. The number of nitrogens with zero attached hydrogens (tertiary/aromatic N) is 2. The van der Waals surface area contributed by atoms with Crippen LogP contribution < -0.4 is 0 Å². The van der Waals surface area contributed by atoms with Crippen molar-refractivity contribution in [2.45, 2.75) is 98.2 Å². The average molecular weight is 612 g/mol. The molecule has 3 unspecified atom stereocenters. The molecule has 1 aliphatic carbocycles. The second-order valence-corrected chi connectivity index (χ2v) is 14.4. The van der Waals surface area contributed by atoms with Gasteiger partial charge in [0.1, 0.15) is 6.04 Å². The van der Waals surface area contributed by atoms with E-state index in [0.717, 1.165) is 25.7 Å². The van der Waals surface area contributed by atoms with Crippen molar-refractivity contribution in [2.24, 2.45) is 17.8 Å². The first kappa shape index (κ1) is 29.7. The average Bonchev–Trinajstić information content (AvgIpc) is 3.49. The maximum absolute atomic E-state index is 14.7. The van der Waals surface area contributed by atoms with Crippen LogP contribution in [0.5, 0.6) is 0 Å². The molecule has 7 atom stereocenters. The summed E-state index contributed by atoms with van der Waals surface area (Å²) in [4.78, 5) is 46.0. The summed E-state index contributed by atoms with van der Waals surface area (Å²) in [6, 6.07) is -1.11. The molecule has 0 aromatic carbocycles. The van der Waals surface area contributed by atoms with Crippen LogP contribution in [0.1, 0.15) is 65.2 Å². The van der Waals surface area contributed by atoms with Crippen LogP contribution in [0.4, 0.5) is 0 Å². The van der Waals surface area contributed by atoms with Gasteiger partial charge in [0.2, 0.25) is 11.8 Å². The molecule has 0 aromatic rings. The number of alkyl halides is 1. The Morgan fingerprint density at radius 2 is 1.97 bits per heavy atom. The van der Waals surface area contributed by atoms with E-state index >= 15 is 0 Å². The Balaban J connectivity index is 1.76. The lowest BCUT2D eigenvalue weighted by Crippen LogP contribution is -2.59. The van der Waals surface area contributed by atoms with E-state index in [1.165, 1.54) is 6.42 Å². The molecule has 9 heteroatoms. The minimum absolute atomic E-state index is 0.0102. The number of hydrogen-bond donors (Lipinski definition) is 1. The van der Waals surface area contributed by atoms with E-state index in [1.54, 1.807) is 28.8 Å². The molecule has 3 aliphatic heterocycles. The molecule has 1 N–H and O–H groups in total. The van der Waals surface area contributed by atoms with Gasteiger partial charge < -0.3 is 19.6 Å². The number of ether oxygens (including phenoxy) is 1. The number of carbonyl (C=O) groups excluding carboxylic acids is 3. The van der Waals surface area contributed by atoms with Crippen molar-refractivity contribution in [2.75, 3.05) is 19.8 Å². The number of aliphatic hydroxyl groups excluding tert-OH is 1. The van der Waals surface area contributed by atoms with Gasteiger partial charge in [0.05, 0.1) is 35.8 Å². The van der Waals surface area contributed by atoms with Gasteiger partial charge >= 0.3 is 5.97 Å². The van der Waals surface area contributed by atoms with E-state index in [2.05, 4.69) is 42.9 Å². The number of hydrogen-bond acceptors (Lipinski definition) is 6. The number of thioether (sulfide) groups is 1. The zero-order chi connectivity index (χ0) is 27.6. The van der Waals surface area contributed by atoms with Crippen molar-refractivity contribution in [3.63, 3.8) is 0 Å². The fourth-order valence-electron chi connectivity index (χ4n) is 7.28. The van der Waals surface area contributed by atoms with Crippen molar-refractivity contribution >= 4 is 45.5 Å². The summed E-state index contributed by atoms with van der Waals surface area (Å²) in [7, 11) is 0. The van der Waals surface area contributed by atoms with Crippen LogP contribution in [0.3, 0.4) is 0 Å². The van der Waals surface area contributed by atoms with Gasteiger partial charge in [-0.1, -0.05) is 61.2 Å². The lowest BCUT2D eigenvalue weighted by Gasteiger charge is -2.43.